The Kier molecular flexibility index (Phi) is 25.9. The SMILES string of the molecule is NC=CCN.O=P(O)(O)CP(=O)(O)O.O=P(O)(O)CP(=O)(O)O.O=P(O)(O)CP(=O)(O)O.O=P(O)(O)CP(=O)(O)O. The lowest BCUT2D eigenvalue weighted by Crippen LogP contribution is -1.93. The Balaban J connectivity index is -0.000000133. The minimum absolute atomic E-state index is 0.538. The lowest BCUT2D eigenvalue weighted by atomic mass is 10.6. The molecule has 26 nitrogen and oxygen atoms in total. The lowest BCUT2D eigenvalue weighted by molar-refractivity contribution is 0.352. The van der Waals surface area contributed by atoms with Gasteiger partial charge in [-0.2, -0.15) is 0 Å². The van der Waals surface area contributed by atoms with Crippen molar-refractivity contribution in [2.75, 3.05) is 30.2 Å². The Hall–Kier alpha value is 0.700. The molecule has 0 saturated heterocycles. The minimum Gasteiger partial charge on any atom is -0.405 e. The van der Waals surface area contributed by atoms with Gasteiger partial charge in [-0.05, 0) is 6.20 Å². The second-order valence-corrected chi connectivity index (χ2v) is 21.7. The molecule has 0 aliphatic heterocycles. The third kappa shape index (κ3) is 85.5. The summed E-state index contributed by atoms with van der Waals surface area (Å²) in [5, 5.41) is 0. The molecule has 41 heavy (non-hydrogen) atoms. The summed E-state index contributed by atoms with van der Waals surface area (Å²) in [4.78, 5) is 128. The van der Waals surface area contributed by atoms with Gasteiger partial charge in [0, 0.05) is 6.54 Å². The molecule has 0 heterocycles. The van der Waals surface area contributed by atoms with Gasteiger partial charge in [0.25, 0.3) is 0 Å². The molecule has 0 aromatic heterocycles. The zero-order valence-corrected chi connectivity index (χ0v) is 27.0. The quantitative estimate of drug-likeness (QED) is 0.102. The van der Waals surface area contributed by atoms with Gasteiger partial charge in [0.1, 0.15) is 0 Å². The normalized spacial score (nSPS) is 13.3. The van der Waals surface area contributed by atoms with E-state index in [9.17, 15) is 36.5 Å². The second kappa shape index (κ2) is 20.7. The van der Waals surface area contributed by atoms with Crippen LogP contribution in [0.4, 0.5) is 0 Å². The van der Waals surface area contributed by atoms with Crippen molar-refractivity contribution in [3.63, 3.8) is 0 Å². The molecule has 0 aromatic carbocycles. The van der Waals surface area contributed by atoms with Crippen molar-refractivity contribution in [2.45, 2.75) is 0 Å². The van der Waals surface area contributed by atoms with Crippen molar-refractivity contribution in [2.24, 2.45) is 11.5 Å². The van der Waals surface area contributed by atoms with E-state index in [1.54, 1.807) is 6.08 Å². The van der Waals surface area contributed by atoms with Crippen LogP contribution in [0.1, 0.15) is 0 Å². The number of hydrogen-bond acceptors (Lipinski definition) is 10. The van der Waals surface area contributed by atoms with Gasteiger partial charge < -0.3 is 89.8 Å². The third-order valence-corrected chi connectivity index (χ3v) is 13.5. The first-order valence-corrected chi connectivity index (χ1v) is 23.1. The second-order valence-electron chi connectivity index (χ2n) is 6.55. The highest BCUT2D eigenvalue weighted by Crippen LogP contribution is 2.53. The summed E-state index contributed by atoms with van der Waals surface area (Å²) >= 11 is 0. The maximum atomic E-state index is 9.85. The molecular formula is C7H32N2O24P8. The van der Waals surface area contributed by atoms with Crippen molar-refractivity contribution in [3.05, 3.63) is 12.3 Å². The van der Waals surface area contributed by atoms with Crippen molar-refractivity contribution in [3.8, 4) is 0 Å². The first kappa shape index (κ1) is 51.3. The molecule has 0 saturated carbocycles. The monoisotopic (exact) mass is 776 g/mol. The van der Waals surface area contributed by atoms with Crippen LogP contribution in [0.25, 0.3) is 0 Å². The largest absolute Gasteiger partial charge is 0.405 e. The van der Waals surface area contributed by atoms with Crippen LogP contribution in [0.15, 0.2) is 12.3 Å². The van der Waals surface area contributed by atoms with Gasteiger partial charge in [0.05, 0.1) is 0 Å². The van der Waals surface area contributed by atoms with Crippen LogP contribution in [0.3, 0.4) is 0 Å². The van der Waals surface area contributed by atoms with E-state index in [-0.39, 0.29) is 0 Å². The molecule has 0 aromatic rings. The molecule has 0 bridgehead atoms. The summed E-state index contributed by atoms with van der Waals surface area (Å²) in [6, 6.07) is 0. The molecule has 0 amide bonds. The van der Waals surface area contributed by atoms with Crippen molar-refractivity contribution >= 4 is 60.8 Å². The summed E-state index contributed by atoms with van der Waals surface area (Å²) < 4.78 is 78.8. The van der Waals surface area contributed by atoms with Crippen LogP contribution < -0.4 is 11.5 Å². The average molecular weight is 776 g/mol. The fourth-order valence-electron chi connectivity index (χ4n) is 1.04. The van der Waals surface area contributed by atoms with Gasteiger partial charge >= 0.3 is 60.8 Å². The highest BCUT2D eigenvalue weighted by Gasteiger charge is 2.28. The van der Waals surface area contributed by atoms with Crippen LogP contribution in [0.5, 0.6) is 0 Å². The zero-order chi connectivity index (χ0) is 34.9. The maximum Gasteiger partial charge on any atom is 0.337 e. The lowest BCUT2D eigenvalue weighted by Gasteiger charge is -2.03. The summed E-state index contributed by atoms with van der Waals surface area (Å²) in [6.07, 6.45) is 3.11. The standard InChI is InChI=1S/C3H8N2.4CH6O6P2/c4-2-1-3-5;4*2-8(3,4)1-9(5,6)7/h1-2H,3-5H2;4*1H2,(H2,2,3,4)(H2,5,6,7). The minimum atomic E-state index is -4.55. The summed E-state index contributed by atoms with van der Waals surface area (Å²) in [5.74, 6) is -5.50. The Labute approximate surface area is 229 Å². The molecule has 0 radical (unpaired) electrons. The predicted molar refractivity (Wildman–Crippen MR) is 138 cm³/mol. The van der Waals surface area contributed by atoms with Crippen LogP contribution in [0, 0.1) is 0 Å². The van der Waals surface area contributed by atoms with Crippen molar-refractivity contribution in [1.82, 2.24) is 0 Å². The van der Waals surface area contributed by atoms with E-state index in [1.807, 2.05) is 0 Å². The molecule has 0 spiro atoms. The molecule has 0 aliphatic carbocycles. The molecular weight excluding hydrogens is 744 g/mol. The molecule has 0 rings (SSSR count). The van der Waals surface area contributed by atoms with Crippen molar-refractivity contribution < 1.29 is 115 Å². The molecule has 20 N–H and O–H groups in total. The predicted octanol–water partition coefficient (Wildman–Crippen LogP) is -3.39. The van der Waals surface area contributed by atoms with Gasteiger partial charge in [-0.3, -0.25) is 36.5 Å². The van der Waals surface area contributed by atoms with Gasteiger partial charge in [0.2, 0.25) is 0 Å². The Morgan fingerprint density at radius 1 is 0.366 bits per heavy atom. The first-order chi connectivity index (χ1) is 17.2. The molecule has 0 aliphatic rings. The van der Waals surface area contributed by atoms with Gasteiger partial charge in [-0.15, -0.1) is 0 Å². The summed E-state index contributed by atoms with van der Waals surface area (Å²) in [6.45, 7) is 0.538. The fourth-order valence-corrected chi connectivity index (χ4v) is 8.72. The van der Waals surface area contributed by atoms with E-state index in [0.29, 0.717) is 6.54 Å². The van der Waals surface area contributed by atoms with E-state index < -0.39 is 84.4 Å². The van der Waals surface area contributed by atoms with E-state index in [4.69, 9.17) is 89.8 Å². The topological polar surface area (TPSA) is 512 Å². The molecule has 34 heteroatoms. The van der Waals surface area contributed by atoms with Crippen molar-refractivity contribution in [1.29, 1.82) is 0 Å². The number of rotatable bonds is 9. The smallest absolute Gasteiger partial charge is 0.337 e. The highest BCUT2D eigenvalue weighted by atomic mass is 31.3. The van der Waals surface area contributed by atoms with Gasteiger partial charge in [-0.1, -0.05) is 6.08 Å². The Morgan fingerprint density at radius 2 is 0.488 bits per heavy atom. The third-order valence-electron chi connectivity index (χ3n) is 1.75. The fraction of sp³-hybridized carbons (Fsp3) is 0.714. The maximum absolute atomic E-state index is 9.85. The Bertz CT molecular complexity index is 885. The van der Waals surface area contributed by atoms with E-state index in [0.717, 1.165) is 0 Å². The highest BCUT2D eigenvalue weighted by molar-refractivity contribution is 7.70. The van der Waals surface area contributed by atoms with E-state index in [2.05, 4.69) is 0 Å². The summed E-state index contributed by atoms with van der Waals surface area (Å²) in [7, 11) is -36.4. The van der Waals surface area contributed by atoms with E-state index in [1.165, 1.54) is 6.20 Å². The molecule has 254 valence electrons. The number of nitrogens with two attached hydrogens (primary N) is 2. The van der Waals surface area contributed by atoms with Crippen LogP contribution in [-0.4, -0.2) is 108 Å². The Morgan fingerprint density at radius 3 is 0.488 bits per heavy atom. The van der Waals surface area contributed by atoms with Gasteiger partial charge in [0.15, 0.2) is 23.6 Å². The zero-order valence-electron chi connectivity index (χ0n) is 19.8. The summed E-state index contributed by atoms with van der Waals surface area (Å²) in [5.41, 5.74) is 9.85. The molecule has 0 fully saturated rings. The van der Waals surface area contributed by atoms with Crippen LogP contribution >= 0.6 is 60.8 Å². The molecule has 0 atom stereocenters. The van der Waals surface area contributed by atoms with Crippen LogP contribution in [-0.2, 0) is 36.5 Å². The van der Waals surface area contributed by atoms with E-state index >= 15 is 0 Å². The first-order valence-electron chi connectivity index (χ1n) is 8.67. The average Bonchev–Trinajstić information content (AvgIpc) is 2.42. The van der Waals surface area contributed by atoms with Gasteiger partial charge in [-0.25, -0.2) is 0 Å². The number of hydrogen-bond donors (Lipinski definition) is 18. The molecule has 0 unspecified atom stereocenters. The van der Waals surface area contributed by atoms with Crippen LogP contribution in [0.2, 0.25) is 0 Å².